The number of amides is 1. The maximum absolute atomic E-state index is 13.0. The van der Waals surface area contributed by atoms with Gasteiger partial charge in [-0.1, -0.05) is 29.8 Å². The fourth-order valence-corrected chi connectivity index (χ4v) is 5.95. The molecule has 0 saturated heterocycles. The van der Waals surface area contributed by atoms with Crippen molar-refractivity contribution < 1.29 is 4.79 Å². The Bertz CT molecular complexity index is 601. The van der Waals surface area contributed by atoms with Crippen LogP contribution < -0.4 is 5.32 Å². The molecule has 4 aliphatic carbocycles. The lowest BCUT2D eigenvalue weighted by Crippen LogP contribution is -2.62. The van der Waals surface area contributed by atoms with Gasteiger partial charge in [-0.15, -0.1) is 0 Å². The number of nitrogens with zero attached hydrogens (tertiary/aromatic N) is 1. The number of aryl methyl sites for hydroxylation is 1. The third-order valence-corrected chi connectivity index (χ3v) is 7.02. The minimum Gasteiger partial charge on any atom is -0.349 e. The van der Waals surface area contributed by atoms with Crippen molar-refractivity contribution in [2.75, 3.05) is 7.05 Å². The van der Waals surface area contributed by atoms with Gasteiger partial charge in [0, 0.05) is 12.1 Å². The molecule has 0 aromatic heterocycles. The van der Waals surface area contributed by atoms with Crippen LogP contribution >= 0.6 is 0 Å². The van der Waals surface area contributed by atoms with Gasteiger partial charge in [0.15, 0.2) is 0 Å². The van der Waals surface area contributed by atoms with Gasteiger partial charge in [-0.25, -0.2) is 0 Å². The third-order valence-electron chi connectivity index (χ3n) is 7.02. The lowest BCUT2D eigenvalue weighted by molar-refractivity contribution is -0.131. The summed E-state index contributed by atoms with van der Waals surface area (Å²) in [5, 5.41) is 3.52. The number of benzene rings is 1. The van der Waals surface area contributed by atoms with E-state index in [1.807, 2.05) is 6.92 Å². The first-order valence-electron chi connectivity index (χ1n) is 10.0. The summed E-state index contributed by atoms with van der Waals surface area (Å²) in [5.74, 6) is 2.82. The predicted octanol–water partition coefficient (Wildman–Crippen LogP) is 3.90. The molecule has 1 N–H and O–H groups in total. The average Bonchev–Trinajstić information content (AvgIpc) is 2.54. The maximum atomic E-state index is 13.0. The molecular formula is C22H32N2O. The molecule has 1 aromatic carbocycles. The van der Waals surface area contributed by atoms with Crippen molar-refractivity contribution >= 4 is 5.91 Å². The number of likely N-dealkylation sites (N-methyl/N-ethyl adjacent to an activating group) is 1. The van der Waals surface area contributed by atoms with Crippen LogP contribution in [0.5, 0.6) is 0 Å². The lowest BCUT2D eigenvalue weighted by Gasteiger charge is -2.57. The molecule has 0 radical (unpaired) electrons. The van der Waals surface area contributed by atoms with Gasteiger partial charge in [0.25, 0.3) is 0 Å². The molecule has 1 amide bonds. The maximum Gasteiger partial charge on any atom is 0.237 e. The first kappa shape index (κ1) is 17.1. The van der Waals surface area contributed by atoms with Gasteiger partial charge in [0.1, 0.15) is 0 Å². The molecule has 4 aliphatic rings. The van der Waals surface area contributed by atoms with Gasteiger partial charge < -0.3 is 5.32 Å². The molecular weight excluding hydrogens is 308 g/mol. The van der Waals surface area contributed by atoms with Crippen molar-refractivity contribution in [3.63, 3.8) is 0 Å². The number of carbonyl (C=O) groups is 1. The molecule has 3 nitrogen and oxygen atoms in total. The Labute approximate surface area is 152 Å². The van der Waals surface area contributed by atoms with E-state index in [2.05, 4.69) is 48.5 Å². The van der Waals surface area contributed by atoms with Crippen LogP contribution in [0, 0.1) is 24.7 Å². The Morgan fingerprint density at radius 2 is 1.64 bits per heavy atom. The standard InChI is InChI=1S/C22H32N2O/c1-15-4-6-17(7-5-15)14-24(3)16(2)21(25)23-22-11-18-8-19(12-22)10-20(9-18)13-22/h4-7,16,18-20H,8-14H2,1-3H3,(H,23,25)/t16-,18?,19?,20?,22?/m0/s1. The van der Waals surface area contributed by atoms with E-state index >= 15 is 0 Å². The van der Waals surface area contributed by atoms with Crippen molar-refractivity contribution in [3.8, 4) is 0 Å². The Hall–Kier alpha value is -1.35. The molecule has 4 saturated carbocycles. The molecule has 0 unspecified atom stereocenters. The van der Waals surface area contributed by atoms with Gasteiger partial charge >= 0.3 is 0 Å². The van der Waals surface area contributed by atoms with Gasteiger partial charge in [-0.2, -0.15) is 0 Å². The van der Waals surface area contributed by atoms with Crippen molar-refractivity contribution in [2.24, 2.45) is 17.8 Å². The Balaban J connectivity index is 1.38. The summed E-state index contributed by atoms with van der Waals surface area (Å²) in [4.78, 5) is 15.1. The zero-order valence-corrected chi connectivity index (χ0v) is 15.9. The van der Waals surface area contributed by atoms with Crippen LogP contribution in [-0.4, -0.2) is 29.4 Å². The number of hydrogen-bond acceptors (Lipinski definition) is 2. The Morgan fingerprint density at radius 1 is 1.12 bits per heavy atom. The van der Waals surface area contributed by atoms with Crippen molar-refractivity contribution in [1.29, 1.82) is 0 Å². The molecule has 0 heterocycles. The van der Waals surface area contributed by atoms with E-state index in [-0.39, 0.29) is 17.5 Å². The number of rotatable bonds is 5. The second-order valence-electron chi connectivity index (χ2n) is 9.26. The SMILES string of the molecule is Cc1ccc(CN(C)[C@@H](C)C(=O)NC23CC4CC(CC(C4)C2)C3)cc1. The van der Waals surface area contributed by atoms with Crippen LogP contribution in [0.4, 0.5) is 0 Å². The monoisotopic (exact) mass is 340 g/mol. The number of hydrogen-bond donors (Lipinski definition) is 1. The van der Waals surface area contributed by atoms with Crippen molar-refractivity contribution in [3.05, 3.63) is 35.4 Å². The van der Waals surface area contributed by atoms with E-state index in [0.717, 1.165) is 24.3 Å². The first-order chi connectivity index (χ1) is 11.9. The smallest absolute Gasteiger partial charge is 0.237 e. The molecule has 5 rings (SSSR count). The molecule has 25 heavy (non-hydrogen) atoms. The lowest BCUT2D eigenvalue weighted by atomic mass is 9.53. The molecule has 3 heteroatoms. The minimum atomic E-state index is -0.0886. The van der Waals surface area contributed by atoms with E-state index in [9.17, 15) is 4.79 Å². The summed E-state index contributed by atoms with van der Waals surface area (Å²) < 4.78 is 0. The first-order valence-corrected chi connectivity index (χ1v) is 10.0. The highest BCUT2D eigenvalue weighted by molar-refractivity contribution is 5.82. The molecule has 1 aromatic rings. The second kappa shape index (κ2) is 6.42. The Kier molecular flexibility index (Phi) is 4.39. The van der Waals surface area contributed by atoms with Crippen LogP contribution in [0.1, 0.15) is 56.6 Å². The third kappa shape index (κ3) is 3.48. The van der Waals surface area contributed by atoms with Crippen molar-refractivity contribution in [1.82, 2.24) is 10.2 Å². The average molecular weight is 341 g/mol. The van der Waals surface area contributed by atoms with E-state index in [1.165, 1.54) is 49.7 Å². The van der Waals surface area contributed by atoms with Crippen LogP contribution in [0.2, 0.25) is 0 Å². The topological polar surface area (TPSA) is 32.3 Å². The summed E-state index contributed by atoms with van der Waals surface area (Å²) in [6, 6.07) is 8.52. The molecule has 1 atom stereocenters. The highest BCUT2D eigenvalue weighted by atomic mass is 16.2. The van der Waals surface area contributed by atoms with E-state index in [4.69, 9.17) is 0 Å². The fourth-order valence-electron chi connectivity index (χ4n) is 5.95. The largest absolute Gasteiger partial charge is 0.349 e. The molecule has 4 fully saturated rings. The summed E-state index contributed by atoms with van der Waals surface area (Å²) >= 11 is 0. The molecule has 136 valence electrons. The summed E-state index contributed by atoms with van der Waals surface area (Å²) in [7, 11) is 2.06. The zero-order valence-electron chi connectivity index (χ0n) is 15.9. The minimum absolute atomic E-state index is 0.0886. The van der Waals surface area contributed by atoms with Gasteiger partial charge in [-0.3, -0.25) is 9.69 Å². The fraction of sp³-hybridized carbons (Fsp3) is 0.682. The molecule has 4 bridgehead atoms. The molecule has 0 aliphatic heterocycles. The highest BCUT2D eigenvalue weighted by Gasteiger charge is 2.51. The van der Waals surface area contributed by atoms with Gasteiger partial charge in [-0.05, 0) is 82.7 Å². The summed E-state index contributed by atoms with van der Waals surface area (Å²) in [6.07, 6.45) is 7.91. The van der Waals surface area contributed by atoms with E-state index < -0.39 is 0 Å². The normalized spacial score (nSPS) is 34.3. The Morgan fingerprint density at radius 3 is 2.16 bits per heavy atom. The van der Waals surface area contributed by atoms with Gasteiger partial charge in [0.05, 0.1) is 6.04 Å². The van der Waals surface area contributed by atoms with E-state index in [0.29, 0.717) is 0 Å². The number of carbonyl (C=O) groups excluding carboxylic acids is 1. The zero-order chi connectivity index (χ0) is 17.6. The van der Waals surface area contributed by atoms with Crippen molar-refractivity contribution in [2.45, 2.75) is 70.5 Å². The molecule has 0 spiro atoms. The van der Waals surface area contributed by atoms with Crippen LogP contribution in [0.15, 0.2) is 24.3 Å². The quantitative estimate of drug-likeness (QED) is 0.882. The predicted molar refractivity (Wildman–Crippen MR) is 101 cm³/mol. The van der Waals surface area contributed by atoms with Crippen LogP contribution in [-0.2, 0) is 11.3 Å². The summed E-state index contributed by atoms with van der Waals surface area (Å²) in [6.45, 7) is 4.97. The van der Waals surface area contributed by atoms with Gasteiger partial charge in [0.2, 0.25) is 5.91 Å². The van der Waals surface area contributed by atoms with E-state index in [1.54, 1.807) is 0 Å². The summed E-state index contributed by atoms with van der Waals surface area (Å²) in [5.41, 5.74) is 2.66. The van der Waals surface area contributed by atoms with Crippen LogP contribution in [0.25, 0.3) is 0 Å². The second-order valence-corrected chi connectivity index (χ2v) is 9.26. The highest BCUT2D eigenvalue weighted by Crippen LogP contribution is 2.55. The number of nitrogens with one attached hydrogen (secondary N) is 1. The van der Waals surface area contributed by atoms with Crippen LogP contribution in [0.3, 0.4) is 0 Å².